The summed E-state index contributed by atoms with van der Waals surface area (Å²) in [4.78, 5) is 0. The first-order valence-electron chi connectivity index (χ1n) is 51.6. The number of benzene rings is 24. The van der Waals surface area contributed by atoms with Gasteiger partial charge in [-0.3, -0.25) is 0 Å². The summed E-state index contributed by atoms with van der Waals surface area (Å²) in [6.45, 7) is 0. The minimum absolute atomic E-state index is 1.15. The Labute approximate surface area is 868 Å². The summed E-state index contributed by atoms with van der Waals surface area (Å²) in [6, 6.07) is 211. The maximum atomic E-state index is 2.51. The highest BCUT2D eigenvalue weighted by molar-refractivity contribution is 6.30. The third kappa shape index (κ3) is 15.1. The van der Waals surface area contributed by atoms with Crippen molar-refractivity contribution >= 4 is 131 Å². The molecule has 6 aromatic heterocycles. The average Bonchev–Trinajstić information content (AvgIpc) is 1.54. The zero-order chi connectivity index (χ0) is 99.1. The molecule has 0 radical (unpaired) electrons. The van der Waals surface area contributed by atoms with Crippen molar-refractivity contribution in [3.63, 3.8) is 0 Å². The van der Waals surface area contributed by atoms with E-state index in [1.165, 1.54) is 242 Å². The van der Waals surface area contributed by atoms with Crippen LogP contribution in [0.1, 0.15) is 0 Å². The summed E-state index contributed by atoms with van der Waals surface area (Å²) in [5, 5.41) is 15.0. The van der Waals surface area contributed by atoms with Crippen LogP contribution < -0.4 is 0 Å². The van der Waals surface area contributed by atoms with E-state index in [1.807, 2.05) is 0 Å². The van der Waals surface area contributed by atoms with E-state index in [1.54, 1.807) is 0 Å². The van der Waals surface area contributed by atoms with Crippen LogP contribution in [0.2, 0.25) is 0 Å². The summed E-state index contributed by atoms with van der Waals surface area (Å²) in [7, 11) is 0. The Kier molecular flexibility index (Phi) is 21.9. The highest BCUT2D eigenvalue weighted by Crippen LogP contribution is 2.50. The lowest BCUT2D eigenvalue weighted by atomic mass is 9.94. The van der Waals surface area contributed by atoms with Crippen LogP contribution in [0, 0.1) is 0 Å². The van der Waals surface area contributed by atoms with Gasteiger partial charge in [-0.25, -0.2) is 0 Å². The largest absolute Gasteiger partial charge is 0.309 e. The zero-order valence-corrected chi connectivity index (χ0v) is 82.1. The number of fused-ring (bicyclic) bond motifs is 21. The molecule has 0 fully saturated rings. The molecule has 150 heavy (non-hydrogen) atoms. The van der Waals surface area contributed by atoms with Crippen LogP contribution in [-0.2, 0) is 0 Å². The number of hydrogen-bond acceptors (Lipinski definition) is 0. The zero-order valence-electron chi connectivity index (χ0n) is 82.1. The van der Waals surface area contributed by atoms with Gasteiger partial charge in [0, 0.05) is 98.5 Å². The van der Waals surface area contributed by atoms with Crippen LogP contribution in [0.5, 0.6) is 0 Å². The third-order valence-corrected chi connectivity index (χ3v) is 30.3. The molecule has 6 heterocycles. The Morgan fingerprint density at radius 2 is 0.313 bits per heavy atom. The van der Waals surface area contributed by atoms with Crippen molar-refractivity contribution in [2.45, 2.75) is 0 Å². The van der Waals surface area contributed by atoms with Crippen LogP contribution in [0.3, 0.4) is 0 Å². The van der Waals surface area contributed by atoms with E-state index in [-0.39, 0.29) is 0 Å². The van der Waals surface area contributed by atoms with Crippen molar-refractivity contribution < 1.29 is 0 Å². The van der Waals surface area contributed by atoms with Crippen molar-refractivity contribution in [1.82, 2.24) is 27.4 Å². The van der Waals surface area contributed by atoms with E-state index in [0.717, 1.165) is 22.7 Å². The Morgan fingerprint density at radius 1 is 0.100 bits per heavy atom. The van der Waals surface area contributed by atoms with Crippen molar-refractivity contribution in [2.75, 3.05) is 0 Å². The first kappa shape index (κ1) is 87.8. The number of aromatic nitrogens is 6. The number of para-hydroxylation sites is 8. The molecule has 0 amide bonds. The Hall–Kier alpha value is -19.9. The molecule has 0 bridgehead atoms. The van der Waals surface area contributed by atoms with E-state index in [9.17, 15) is 0 Å². The Balaban J connectivity index is 0.000000108. The Morgan fingerprint density at radius 3 is 0.680 bits per heavy atom. The average molecular weight is 1910 g/mol. The predicted octanol–water partition coefficient (Wildman–Crippen LogP) is 38.6. The normalized spacial score (nSPS) is 11.6. The number of nitrogens with zero attached hydrogens (tertiary/aromatic N) is 6. The van der Waals surface area contributed by atoms with Crippen LogP contribution in [-0.4, -0.2) is 27.4 Å². The molecule has 0 N–H and O–H groups in total. The van der Waals surface area contributed by atoms with Crippen LogP contribution >= 0.6 is 0 Å². The molecule has 0 spiro atoms. The lowest BCUT2D eigenvalue weighted by molar-refractivity contribution is 1.17. The van der Waals surface area contributed by atoms with Gasteiger partial charge in [0.2, 0.25) is 0 Å². The molecule has 24 aromatic carbocycles. The molecule has 0 unspecified atom stereocenters. The summed E-state index contributed by atoms with van der Waals surface area (Å²) < 4.78 is 14.8. The number of rotatable bonds is 15. The molecule has 30 aromatic rings. The van der Waals surface area contributed by atoms with Gasteiger partial charge in [0.15, 0.2) is 0 Å². The predicted molar refractivity (Wildman–Crippen MR) is 634 cm³/mol. The summed E-state index contributed by atoms with van der Waals surface area (Å²) in [5.74, 6) is 0. The fourth-order valence-corrected chi connectivity index (χ4v) is 23.7. The van der Waals surface area contributed by atoms with E-state index in [0.29, 0.717) is 0 Å². The first-order chi connectivity index (χ1) is 74.5. The fraction of sp³-hybridized carbons (Fsp3) is 0. The minimum Gasteiger partial charge on any atom is -0.309 e. The Bertz CT molecular complexity index is 10400. The number of hydrogen-bond donors (Lipinski definition) is 0. The SMILES string of the molecule is c1ccc(-c2ccc(-c3ccccc3-n3c4ccccc4c4ccc5c(c6ccccc6n5-c5cccc(-c6ccccc6)c5)c43)cc2)cc1.c1ccc(-c2cccc(-c3ccccc3-n3c4ccccc4c4ccc5c(c6ccccc6n5-c5cccc(-c6ccccc6)c5)c43)c2)cc1.c1ccc(-c2cccc(-n3c4ccccc4c4c3ccc3c5ccccc5n(-c5cccc(-c6ccccc6-c6ccccc6)c5)c34)c2)cc1. The van der Waals surface area contributed by atoms with Crippen molar-refractivity contribution in [3.05, 3.63) is 582 Å². The summed E-state index contributed by atoms with van der Waals surface area (Å²) >= 11 is 0. The molecule has 0 saturated heterocycles. The molecule has 0 aliphatic heterocycles. The molecule has 6 nitrogen and oxygen atoms in total. The quantitative estimate of drug-likeness (QED) is 0.0979. The lowest BCUT2D eigenvalue weighted by Crippen LogP contribution is -1.98. The van der Waals surface area contributed by atoms with Crippen molar-refractivity contribution in [3.8, 4) is 134 Å². The van der Waals surface area contributed by atoms with Gasteiger partial charge in [-0.2, -0.15) is 0 Å². The van der Waals surface area contributed by atoms with Gasteiger partial charge in [0.05, 0.1) is 77.6 Å². The maximum Gasteiger partial charge on any atom is 0.0641 e. The van der Waals surface area contributed by atoms with Gasteiger partial charge >= 0.3 is 0 Å². The van der Waals surface area contributed by atoms with Crippen LogP contribution in [0.4, 0.5) is 0 Å². The lowest BCUT2D eigenvalue weighted by Gasteiger charge is -2.15. The first-order valence-corrected chi connectivity index (χ1v) is 51.6. The van der Waals surface area contributed by atoms with E-state index in [4.69, 9.17) is 0 Å². The van der Waals surface area contributed by atoms with Crippen LogP contribution in [0.25, 0.3) is 265 Å². The van der Waals surface area contributed by atoms with Gasteiger partial charge in [-0.05, 0) is 210 Å². The molecule has 0 aliphatic carbocycles. The molecule has 702 valence electrons. The van der Waals surface area contributed by atoms with Gasteiger partial charge in [-0.15, -0.1) is 0 Å². The monoisotopic (exact) mass is 1910 g/mol. The van der Waals surface area contributed by atoms with Gasteiger partial charge in [0.25, 0.3) is 0 Å². The van der Waals surface area contributed by atoms with Gasteiger partial charge in [-0.1, -0.05) is 461 Å². The molecular formula is C144H96N6. The second kappa shape index (κ2) is 37.4. The highest BCUT2D eigenvalue weighted by Gasteiger charge is 2.28. The molecule has 0 saturated carbocycles. The van der Waals surface area contributed by atoms with E-state index >= 15 is 0 Å². The third-order valence-electron chi connectivity index (χ3n) is 30.3. The molecule has 0 atom stereocenters. The van der Waals surface area contributed by atoms with Crippen LogP contribution in [0.15, 0.2) is 582 Å². The second-order valence-corrected chi connectivity index (χ2v) is 38.8. The van der Waals surface area contributed by atoms with Crippen molar-refractivity contribution in [1.29, 1.82) is 0 Å². The van der Waals surface area contributed by atoms with E-state index in [2.05, 4.69) is 610 Å². The van der Waals surface area contributed by atoms with E-state index < -0.39 is 0 Å². The molecule has 6 heteroatoms. The maximum absolute atomic E-state index is 2.51. The van der Waals surface area contributed by atoms with Gasteiger partial charge in [0.1, 0.15) is 0 Å². The topological polar surface area (TPSA) is 29.6 Å². The molecule has 0 aliphatic rings. The summed E-state index contributed by atoms with van der Waals surface area (Å²) in [5.41, 5.74) is 43.2. The van der Waals surface area contributed by atoms with Crippen molar-refractivity contribution in [2.24, 2.45) is 0 Å². The molecular weight excluding hydrogens is 1810 g/mol. The fourth-order valence-electron chi connectivity index (χ4n) is 23.7. The second-order valence-electron chi connectivity index (χ2n) is 38.8. The summed E-state index contributed by atoms with van der Waals surface area (Å²) in [6.07, 6.45) is 0. The standard InChI is InChI=1S/3C48H32N2/c1-3-15-33(16-4-1)35-19-13-21-37(31-35)39-23-7-10-26-43(39)50-44-27-11-8-24-40(44)41-29-30-46-47(48(41)50)42-25-9-12-28-45(42)49(46)38-22-14-20-36(32-38)34-17-5-2-6-18-34;1-3-14-33(15-4-1)35-26-28-36(29-27-35)39-20-7-10-23-43(39)50-44-24-11-8-21-40(44)41-30-31-46-47(48(41)50)42-22-9-12-25-45(42)49(46)38-19-13-18-37(32-38)34-16-5-2-6-17-34;1-3-15-33(16-4-1)35-19-13-21-37(31-35)49-45-28-12-10-26-43(45)47-46(49)30-29-42-41-25-9-11-27-44(41)50(48(42)47)38-22-14-20-36(32-38)40-24-8-7-23-39(40)34-17-5-2-6-18-34/h3*1-32H. The molecule has 30 rings (SSSR count). The highest BCUT2D eigenvalue weighted by atomic mass is 15.0. The minimum atomic E-state index is 1.15. The smallest absolute Gasteiger partial charge is 0.0641 e. The van der Waals surface area contributed by atoms with Gasteiger partial charge < -0.3 is 27.4 Å².